The molecule has 24 heavy (non-hydrogen) atoms. The maximum Gasteiger partial charge on any atom is 0.148 e. The van der Waals surface area contributed by atoms with Gasteiger partial charge in [-0.1, -0.05) is 12.8 Å². The highest BCUT2D eigenvalue weighted by Crippen LogP contribution is 2.34. The van der Waals surface area contributed by atoms with Gasteiger partial charge in [0.15, 0.2) is 0 Å². The number of aliphatic hydroxyl groups excluding tert-OH is 1. The summed E-state index contributed by atoms with van der Waals surface area (Å²) in [4.78, 5) is 6.69. The summed E-state index contributed by atoms with van der Waals surface area (Å²) in [5.41, 5.74) is 2.32. The summed E-state index contributed by atoms with van der Waals surface area (Å²) >= 11 is 0. The van der Waals surface area contributed by atoms with E-state index in [-0.39, 0.29) is 5.76 Å². The lowest BCUT2D eigenvalue weighted by molar-refractivity contribution is 0.296. The number of aromatic nitrogens is 2. The average molecular weight is 326 g/mol. The molecule has 2 aromatic rings. The lowest BCUT2D eigenvalue weighted by Crippen LogP contribution is -2.35. The fraction of sp³-hybridized carbons (Fsp3) is 0.444. The quantitative estimate of drug-likeness (QED) is 0.909. The second kappa shape index (κ2) is 5.54. The molecule has 1 fully saturated rings. The SMILES string of the molecule is COc1ccc2c(c1)nc(C1=C(O)CN(C3CCCC3)C1=N)n2C. The summed E-state index contributed by atoms with van der Waals surface area (Å²) in [6.45, 7) is 0.422. The van der Waals surface area contributed by atoms with Crippen LogP contribution in [0.1, 0.15) is 31.5 Å². The maximum atomic E-state index is 10.5. The van der Waals surface area contributed by atoms with Crippen LogP contribution >= 0.6 is 0 Å². The van der Waals surface area contributed by atoms with Crippen molar-refractivity contribution in [3.8, 4) is 5.75 Å². The highest BCUT2D eigenvalue weighted by atomic mass is 16.5. The Hall–Kier alpha value is -2.50. The largest absolute Gasteiger partial charge is 0.510 e. The van der Waals surface area contributed by atoms with Gasteiger partial charge in [0.25, 0.3) is 0 Å². The minimum absolute atomic E-state index is 0.247. The Morgan fingerprint density at radius 3 is 2.75 bits per heavy atom. The first-order valence-electron chi connectivity index (χ1n) is 8.38. The number of hydrogen-bond donors (Lipinski definition) is 2. The maximum absolute atomic E-state index is 10.5. The molecular formula is C18H22N4O2. The third kappa shape index (κ3) is 2.17. The molecule has 2 N–H and O–H groups in total. The first kappa shape index (κ1) is 15.1. The zero-order valence-corrected chi connectivity index (χ0v) is 14.0. The van der Waals surface area contributed by atoms with Crippen LogP contribution in [0.25, 0.3) is 16.6 Å². The molecule has 0 amide bonds. The Labute approximate surface area is 140 Å². The van der Waals surface area contributed by atoms with Crippen LogP contribution < -0.4 is 4.74 Å². The molecule has 1 aliphatic heterocycles. The predicted octanol–water partition coefficient (Wildman–Crippen LogP) is 3.09. The molecule has 6 nitrogen and oxygen atoms in total. The summed E-state index contributed by atoms with van der Waals surface area (Å²) < 4.78 is 7.20. The van der Waals surface area contributed by atoms with Crippen LogP contribution in [0.5, 0.6) is 5.75 Å². The second-order valence-corrected chi connectivity index (χ2v) is 6.59. The van der Waals surface area contributed by atoms with E-state index in [1.165, 1.54) is 12.8 Å². The van der Waals surface area contributed by atoms with Crippen LogP contribution in [0.15, 0.2) is 24.0 Å². The molecule has 0 bridgehead atoms. The zero-order valence-electron chi connectivity index (χ0n) is 14.0. The Bertz CT molecular complexity index is 846. The minimum Gasteiger partial charge on any atom is -0.510 e. The van der Waals surface area contributed by atoms with Crippen molar-refractivity contribution < 1.29 is 9.84 Å². The van der Waals surface area contributed by atoms with Crippen molar-refractivity contribution in [2.24, 2.45) is 7.05 Å². The Morgan fingerprint density at radius 1 is 1.29 bits per heavy atom. The van der Waals surface area contributed by atoms with Gasteiger partial charge < -0.3 is 19.3 Å². The first-order chi connectivity index (χ1) is 11.6. The van der Waals surface area contributed by atoms with Crippen molar-refractivity contribution in [3.63, 3.8) is 0 Å². The second-order valence-electron chi connectivity index (χ2n) is 6.59. The molecule has 0 radical (unpaired) electrons. The van der Waals surface area contributed by atoms with Gasteiger partial charge in [-0.3, -0.25) is 5.41 Å². The lowest BCUT2D eigenvalue weighted by atomic mass is 10.2. The van der Waals surface area contributed by atoms with E-state index in [1.807, 2.05) is 34.7 Å². The van der Waals surface area contributed by atoms with Crippen LogP contribution in [0.2, 0.25) is 0 Å². The van der Waals surface area contributed by atoms with Gasteiger partial charge in [-0.2, -0.15) is 0 Å². The van der Waals surface area contributed by atoms with Gasteiger partial charge in [-0.15, -0.1) is 0 Å². The van der Waals surface area contributed by atoms with Gasteiger partial charge in [0.2, 0.25) is 0 Å². The minimum atomic E-state index is 0.247. The van der Waals surface area contributed by atoms with E-state index in [0.717, 1.165) is 29.6 Å². The number of nitrogens with zero attached hydrogens (tertiary/aromatic N) is 3. The van der Waals surface area contributed by atoms with Gasteiger partial charge >= 0.3 is 0 Å². The molecule has 1 saturated carbocycles. The molecule has 126 valence electrons. The van der Waals surface area contributed by atoms with E-state index >= 15 is 0 Å². The van der Waals surface area contributed by atoms with E-state index in [2.05, 4.69) is 4.98 Å². The van der Waals surface area contributed by atoms with Crippen molar-refractivity contribution in [2.45, 2.75) is 31.7 Å². The van der Waals surface area contributed by atoms with E-state index in [9.17, 15) is 5.11 Å². The average Bonchev–Trinajstić information content (AvgIpc) is 3.27. The van der Waals surface area contributed by atoms with Gasteiger partial charge in [0, 0.05) is 19.2 Å². The number of fused-ring (bicyclic) bond motifs is 1. The third-order valence-electron chi connectivity index (χ3n) is 5.21. The van der Waals surface area contributed by atoms with E-state index in [4.69, 9.17) is 10.1 Å². The van der Waals surface area contributed by atoms with Crippen molar-refractivity contribution in [1.82, 2.24) is 14.5 Å². The van der Waals surface area contributed by atoms with Crippen LogP contribution in [0.3, 0.4) is 0 Å². The number of aryl methyl sites for hydroxylation is 1. The number of imidazole rings is 1. The molecule has 4 rings (SSSR count). The van der Waals surface area contributed by atoms with Crippen molar-refractivity contribution in [2.75, 3.05) is 13.7 Å². The van der Waals surface area contributed by atoms with E-state index in [0.29, 0.717) is 29.8 Å². The third-order valence-corrected chi connectivity index (χ3v) is 5.21. The van der Waals surface area contributed by atoms with Crippen molar-refractivity contribution in [1.29, 1.82) is 5.41 Å². The van der Waals surface area contributed by atoms with Gasteiger partial charge in [-0.25, -0.2) is 4.98 Å². The highest BCUT2D eigenvalue weighted by Gasteiger charge is 2.36. The Balaban J connectivity index is 1.75. The predicted molar refractivity (Wildman–Crippen MR) is 93.5 cm³/mol. The monoisotopic (exact) mass is 326 g/mol. The number of benzene rings is 1. The summed E-state index contributed by atoms with van der Waals surface area (Å²) in [6, 6.07) is 6.10. The summed E-state index contributed by atoms with van der Waals surface area (Å²) in [7, 11) is 3.55. The smallest absolute Gasteiger partial charge is 0.148 e. The molecule has 1 aliphatic carbocycles. The first-order valence-corrected chi connectivity index (χ1v) is 8.38. The highest BCUT2D eigenvalue weighted by molar-refractivity contribution is 6.23. The van der Waals surface area contributed by atoms with E-state index < -0.39 is 0 Å². The molecule has 6 heteroatoms. The van der Waals surface area contributed by atoms with Crippen LogP contribution in [0, 0.1) is 5.41 Å². The van der Waals surface area contributed by atoms with Gasteiger partial charge in [-0.05, 0) is 25.0 Å². The van der Waals surface area contributed by atoms with Crippen LogP contribution in [0.4, 0.5) is 0 Å². The number of methoxy groups -OCH3 is 1. The number of hydrogen-bond acceptors (Lipinski definition) is 4. The number of amidine groups is 1. The molecule has 0 unspecified atom stereocenters. The number of ether oxygens (including phenoxy) is 1. The van der Waals surface area contributed by atoms with Gasteiger partial charge in [0.05, 0.1) is 30.3 Å². The lowest BCUT2D eigenvalue weighted by Gasteiger charge is -2.25. The van der Waals surface area contributed by atoms with Crippen LogP contribution in [-0.2, 0) is 7.05 Å². The fourth-order valence-corrected chi connectivity index (χ4v) is 3.89. The Morgan fingerprint density at radius 2 is 2.04 bits per heavy atom. The Kier molecular flexibility index (Phi) is 3.48. The molecule has 2 heterocycles. The number of aliphatic hydroxyl groups is 1. The van der Waals surface area contributed by atoms with Crippen molar-refractivity contribution in [3.05, 3.63) is 29.8 Å². The van der Waals surface area contributed by atoms with Crippen molar-refractivity contribution >= 4 is 22.4 Å². The normalized spacial score (nSPS) is 19.1. The van der Waals surface area contributed by atoms with E-state index in [1.54, 1.807) is 7.11 Å². The fourth-order valence-electron chi connectivity index (χ4n) is 3.89. The molecule has 0 saturated heterocycles. The molecule has 1 aromatic heterocycles. The molecule has 0 spiro atoms. The van der Waals surface area contributed by atoms with Crippen LogP contribution in [-0.4, -0.2) is 45.1 Å². The molecule has 1 aromatic carbocycles. The summed E-state index contributed by atoms with van der Waals surface area (Å²) in [6.07, 6.45) is 4.61. The zero-order chi connectivity index (χ0) is 16.8. The molecular weight excluding hydrogens is 304 g/mol. The topological polar surface area (TPSA) is 74.4 Å². The summed E-state index contributed by atoms with van der Waals surface area (Å²) in [5.74, 6) is 2.03. The van der Waals surface area contributed by atoms with Gasteiger partial charge in [0.1, 0.15) is 23.2 Å². The standard InChI is InChI=1S/C18H22N4O2/c1-21-14-8-7-12(24-2)9-13(14)20-18(21)16-15(23)10-22(17(16)19)11-5-3-4-6-11/h7-9,11,19,23H,3-6,10H2,1-2H3. The molecule has 2 aliphatic rings. The summed E-state index contributed by atoms with van der Waals surface area (Å²) in [5, 5.41) is 19.1. The number of nitrogens with one attached hydrogen (secondary N) is 1. The number of rotatable bonds is 3. The molecule has 0 atom stereocenters.